The molecule has 3 rings (SSSR count). The molecule has 3 N–H and O–H groups in total. The minimum atomic E-state index is 0.0622. The number of H-pyrrole nitrogens is 1. The minimum Gasteiger partial charge on any atom is -0.496 e. The van der Waals surface area contributed by atoms with Gasteiger partial charge in [0.15, 0.2) is 0 Å². The molecular formula is C14H17N3O2. The molecule has 5 heteroatoms. The number of ether oxygens (including phenoxy) is 2. The second-order valence-electron chi connectivity index (χ2n) is 4.63. The highest BCUT2D eigenvalue weighted by molar-refractivity contribution is 5.60. The quantitative estimate of drug-likeness (QED) is 0.885. The van der Waals surface area contributed by atoms with Gasteiger partial charge in [-0.3, -0.25) is 0 Å². The van der Waals surface area contributed by atoms with Crippen LogP contribution < -0.4 is 10.5 Å². The number of hydrogen-bond donors (Lipinski definition) is 2. The first-order valence-corrected chi connectivity index (χ1v) is 6.30. The first-order valence-electron chi connectivity index (χ1n) is 6.30. The average molecular weight is 259 g/mol. The molecule has 19 heavy (non-hydrogen) atoms. The molecule has 2 aromatic rings. The monoisotopic (exact) mass is 259 g/mol. The van der Waals surface area contributed by atoms with E-state index in [0.29, 0.717) is 13.2 Å². The standard InChI is InChI=1S/C14H17N3O2/c1-8-13-11(7-19-8)16-14(17-13)9-3-4-12(18-2)10(5-9)6-15/h3-5,8H,6-7,15H2,1-2H3,(H,16,17). The van der Waals surface area contributed by atoms with Crippen molar-refractivity contribution in [3.05, 3.63) is 35.2 Å². The van der Waals surface area contributed by atoms with Gasteiger partial charge in [0.2, 0.25) is 0 Å². The Morgan fingerprint density at radius 2 is 2.37 bits per heavy atom. The molecule has 0 saturated heterocycles. The van der Waals surface area contributed by atoms with Crippen LogP contribution in [0.25, 0.3) is 11.4 Å². The molecule has 0 fully saturated rings. The highest BCUT2D eigenvalue weighted by Crippen LogP contribution is 2.32. The summed E-state index contributed by atoms with van der Waals surface area (Å²) in [6.45, 7) is 3.05. The SMILES string of the molecule is COc1ccc(-c2nc3c([nH]2)COC3C)cc1CN. The van der Waals surface area contributed by atoms with Crippen LogP contribution in [-0.4, -0.2) is 17.1 Å². The van der Waals surface area contributed by atoms with Crippen molar-refractivity contribution in [3.8, 4) is 17.1 Å². The maximum absolute atomic E-state index is 5.74. The molecule has 0 amide bonds. The van der Waals surface area contributed by atoms with Crippen LogP contribution >= 0.6 is 0 Å². The molecule has 0 aliphatic carbocycles. The van der Waals surface area contributed by atoms with Crippen LogP contribution in [0, 0.1) is 0 Å². The molecular weight excluding hydrogens is 242 g/mol. The van der Waals surface area contributed by atoms with E-state index in [0.717, 1.165) is 34.1 Å². The van der Waals surface area contributed by atoms with Crippen LogP contribution in [0.4, 0.5) is 0 Å². The predicted octanol–water partition coefficient (Wildman–Crippen LogP) is 2.14. The van der Waals surface area contributed by atoms with E-state index in [4.69, 9.17) is 15.2 Å². The maximum atomic E-state index is 5.74. The van der Waals surface area contributed by atoms with Gasteiger partial charge < -0.3 is 20.2 Å². The molecule has 1 atom stereocenters. The zero-order valence-electron chi connectivity index (χ0n) is 11.1. The molecule has 0 bridgehead atoms. The number of methoxy groups -OCH3 is 1. The third kappa shape index (κ3) is 2.01. The van der Waals surface area contributed by atoms with E-state index in [2.05, 4.69) is 9.97 Å². The molecule has 1 aliphatic heterocycles. The van der Waals surface area contributed by atoms with Crippen molar-refractivity contribution in [3.63, 3.8) is 0 Å². The fourth-order valence-electron chi connectivity index (χ4n) is 2.38. The highest BCUT2D eigenvalue weighted by atomic mass is 16.5. The number of imidazole rings is 1. The van der Waals surface area contributed by atoms with Gasteiger partial charge >= 0.3 is 0 Å². The van der Waals surface area contributed by atoms with E-state index in [9.17, 15) is 0 Å². The fourth-order valence-corrected chi connectivity index (χ4v) is 2.38. The first kappa shape index (κ1) is 12.2. The lowest BCUT2D eigenvalue weighted by Gasteiger charge is -2.08. The molecule has 1 aromatic heterocycles. The van der Waals surface area contributed by atoms with E-state index in [1.54, 1.807) is 7.11 Å². The summed E-state index contributed by atoms with van der Waals surface area (Å²) >= 11 is 0. The second-order valence-corrected chi connectivity index (χ2v) is 4.63. The van der Waals surface area contributed by atoms with Crippen molar-refractivity contribution in [2.24, 2.45) is 5.73 Å². The third-order valence-electron chi connectivity index (χ3n) is 3.45. The Bertz CT molecular complexity index is 607. The number of hydrogen-bond acceptors (Lipinski definition) is 4. The summed E-state index contributed by atoms with van der Waals surface area (Å²) in [5.74, 6) is 1.67. The van der Waals surface area contributed by atoms with Gasteiger partial charge in [0.25, 0.3) is 0 Å². The van der Waals surface area contributed by atoms with Crippen LogP contribution in [0.5, 0.6) is 5.75 Å². The molecule has 2 heterocycles. The number of rotatable bonds is 3. The number of aromatic amines is 1. The van der Waals surface area contributed by atoms with Gasteiger partial charge in [-0.25, -0.2) is 4.98 Å². The largest absolute Gasteiger partial charge is 0.496 e. The Balaban J connectivity index is 2.00. The second kappa shape index (κ2) is 4.68. The summed E-state index contributed by atoms with van der Waals surface area (Å²) in [6.07, 6.45) is 0.0622. The van der Waals surface area contributed by atoms with E-state index >= 15 is 0 Å². The third-order valence-corrected chi connectivity index (χ3v) is 3.45. The summed E-state index contributed by atoms with van der Waals surface area (Å²) in [5.41, 5.74) is 9.79. The van der Waals surface area contributed by atoms with Gasteiger partial charge in [0, 0.05) is 17.7 Å². The number of aromatic nitrogens is 2. The summed E-state index contributed by atoms with van der Waals surface area (Å²) in [5, 5.41) is 0. The van der Waals surface area contributed by atoms with Crippen LogP contribution in [0.1, 0.15) is 30.0 Å². The van der Waals surface area contributed by atoms with Crippen LogP contribution in [0.15, 0.2) is 18.2 Å². The molecule has 0 saturated carbocycles. The Hall–Kier alpha value is -1.85. The number of nitrogens with zero attached hydrogens (tertiary/aromatic N) is 1. The van der Waals surface area contributed by atoms with Gasteiger partial charge in [0.05, 0.1) is 31.2 Å². The Labute approximate surface area is 111 Å². The summed E-state index contributed by atoms with van der Waals surface area (Å²) in [7, 11) is 1.65. The van der Waals surface area contributed by atoms with Gasteiger partial charge in [0.1, 0.15) is 11.6 Å². The Morgan fingerprint density at radius 3 is 3.05 bits per heavy atom. The zero-order chi connectivity index (χ0) is 13.4. The van der Waals surface area contributed by atoms with E-state index < -0.39 is 0 Å². The lowest BCUT2D eigenvalue weighted by molar-refractivity contribution is 0.0762. The van der Waals surface area contributed by atoms with Gasteiger partial charge in [-0.2, -0.15) is 0 Å². The molecule has 0 spiro atoms. The smallest absolute Gasteiger partial charge is 0.138 e. The van der Waals surface area contributed by atoms with Crippen molar-refractivity contribution < 1.29 is 9.47 Å². The molecule has 5 nitrogen and oxygen atoms in total. The van der Waals surface area contributed by atoms with Crippen molar-refractivity contribution in [2.75, 3.05) is 7.11 Å². The van der Waals surface area contributed by atoms with Crippen molar-refractivity contribution >= 4 is 0 Å². The van der Waals surface area contributed by atoms with Crippen molar-refractivity contribution in [1.29, 1.82) is 0 Å². The predicted molar refractivity (Wildman–Crippen MR) is 71.7 cm³/mol. The van der Waals surface area contributed by atoms with E-state index in [-0.39, 0.29) is 6.10 Å². The lowest BCUT2D eigenvalue weighted by atomic mass is 10.1. The molecule has 0 radical (unpaired) electrons. The molecule has 1 unspecified atom stereocenters. The number of fused-ring (bicyclic) bond motifs is 1. The van der Waals surface area contributed by atoms with Gasteiger partial charge in [-0.05, 0) is 25.1 Å². The molecule has 1 aromatic carbocycles. The number of benzene rings is 1. The lowest BCUT2D eigenvalue weighted by Crippen LogP contribution is -2.00. The zero-order valence-corrected chi connectivity index (χ0v) is 11.1. The van der Waals surface area contributed by atoms with Crippen LogP contribution in [0.3, 0.4) is 0 Å². The molecule has 1 aliphatic rings. The Morgan fingerprint density at radius 1 is 1.53 bits per heavy atom. The fraction of sp³-hybridized carbons (Fsp3) is 0.357. The van der Waals surface area contributed by atoms with Gasteiger partial charge in [-0.15, -0.1) is 0 Å². The average Bonchev–Trinajstić information content (AvgIpc) is 3.00. The van der Waals surface area contributed by atoms with Gasteiger partial charge in [-0.1, -0.05) is 0 Å². The normalized spacial score (nSPS) is 17.5. The maximum Gasteiger partial charge on any atom is 0.138 e. The van der Waals surface area contributed by atoms with Crippen molar-refractivity contribution in [2.45, 2.75) is 26.2 Å². The highest BCUT2D eigenvalue weighted by Gasteiger charge is 2.24. The van der Waals surface area contributed by atoms with Crippen LogP contribution in [-0.2, 0) is 17.9 Å². The first-order chi connectivity index (χ1) is 9.22. The van der Waals surface area contributed by atoms with E-state index in [1.165, 1.54) is 0 Å². The summed E-state index contributed by atoms with van der Waals surface area (Å²) in [4.78, 5) is 7.92. The Kier molecular flexibility index (Phi) is 3.00. The minimum absolute atomic E-state index is 0.0622. The van der Waals surface area contributed by atoms with Crippen LogP contribution in [0.2, 0.25) is 0 Å². The molecule has 100 valence electrons. The van der Waals surface area contributed by atoms with E-state index in [1.807, 2.05) is 25.1 Å². The summed E-state index contributed by atoms with van der Waals surface area (Å²) < 4.78 is 10.8. The number of nitrogens with one attached hydrogen (secondary N) is 1. The number of nitrogens with two attached hydrogens (primary N) is 1. The van der Waals surface area contributed by atoms with Crippen molar-refractivity contribution in [1.82, 2.24) is 9.97 Å². The topological polar surface area (TPSA) is 73.2 Å². The summed E-state index contributed by atoms with van der Waals surface area (Å²) in [6, 6.07) is 5.92.